The van der Waals surface area contributed by atoms with Crippen molar-refractivity contribution in [3.05, 3.63) is 35.5 Å². The lowest BCUT2D eigenvalue weighted by atomic mass is 9.91. The van der Waals surface area contributed by atoms with Crippen LogP contribution in [0.1, 0.15) is 37.1 Å². The summed E-state index contributed by atoms with van der Waals surface area (Å²) < 4.78 is 1.93. The van der Waals surface area contributed by atoms with Crippen LogP contribution in [0.25, 0.3) is 10.9 Å². The first-order valence-corrected chi connectivity index (χ1v) is 7.85. The van der Waals surface area contributed by atoms with Crippen LogP contribution in [0.2, 0.25) is 0 Å². The van der Waals surface area contributed by atoms with Crippen molar-refractivity contribution in [2.24, 2.45) is 0 Å². The average Bonchev–Trinajstić information content (AvgIpc) is 2.82. The number of hydrogen-bond donors (Lipinski definition) is 3. The van der Waals surface area contributed by atoms with Crippen LogP contribution < -0.4 is 5.32 Å². The van der Waals surface area contributed by atoms with E-state index in [4.69, 9.17) is 5.11 Å². The second-order valence-corrected chi connectivity index (χ2v) is 5.96. The lowest BCUT2D eigenvalue weighted by molar-refractivity contribution is -0.140. The first-order chi connectivity index (χ1) is 11.0. The van der Waals surface area contributed by atoms with Gasteiger partial charge in [0.15, 0.2) is 0 Å². The summed E-state index contributed by atoms with van der Waals surface area (Å²) >= 11 is 0. The number of fused-ring (bicyclic) bond motifs is 3. The van der Waals surface area contributed by atoms with Gasteiger partial charge in [-0.25, -0.2) is 9.59 Å². The van der Waals surface area contributed by atoms with Crippen molar-refractivity contribution in [1.82, 2.24) is 9.88 Å². The summed E-state index contributed by atoms with van der Waals surface area (Å²) in [5.74, 6) is -0.832. The second-order valence-electron chi connectivity index (χ2n) is 5.96. The Morgan fingerprint density at radius 2 is 2.09 bits per heavy atom. The Labute approximate surface area is 133 Å². The molecule has 1 heterocycles. The van der Waals surface area contributed by atoms with Gasteiger partial charge in [-0.3, -0.25) is 0 Å². The molecule has 2 unspecified atom stereocenters. The predicted octanol–water partition coefficient (Wildman–Crippen LogP) is 2.80. The highest BCUT2D eigenvalue weighted by molar-refractivity contribution is 5.88. The Morgan fingerprint density at radius 1 is 1.35 bits per heavy atom. The van der Waals surface area contributed by atoms with Crippen LogP contribution in [0.3, 0.4) is 0 Å². The van der Waals surface area contributed by atoms with E-state index in [1.807, 2.05) is 35.8 Å². The van der Waals surface area contributed by atoms with Crippen molar-refractivity contribution in [2.75, 3.05) is 0 Å². The lowest BCUT2D eigenvalue weighted by Crippen LogP contribution is -2.38. The summed E-state index contributed by atoms with van der Waals surface area (Å²) in [5, 5.41) is 22.1. The van der Waals surface area contributed by atoms with E-state index in [0.717, 1.165) is 22.2 Å². The highest BCUT2D eigenvalue weighted by Crippen LogP contribution is 2.35. The molecule has 0 spiro atoms. The topological polar surface area (TPSA) is 91.6 Å². The number of carbonyl (C=O) groups is 2. The maximum Gasteiger partial charge on any atom is 0.404 e. The summed E-state index contributed by atoms with van der Waals surface area (Å²) in [6.07, 6.45) is 1.46. The fourth-order valence-electron chi connectivity index (χ4n) is 3.67. The van der Waals surface area contributed by atoms with Gasteiger partial charge in [-0.1, -0.05) is 25.1 Å². The van der Waals surface area contributed by atoms with Crippen molar-refractivity contribution >= 4 is 23.0 Å². The monoisotopic (exact) mass is 316 g/mol. The van der Waals surface area contributed by atoms with Gasteiger partial charge in [0, 0.05) is 22.6 Å². The molecule has 23 heavy (non-hydrogen) atoms. The van der Waals surface area contributed by atoms with E-state index in [9.17, 15) is 14.7 Å². The number of amides is 1. The van der Waals surface area contributed by atoms with Gasteiger partial charge in [0.2, 0.25) is 0 Å². The van der Waals surface area contributed by atoms with Crippen LogP contribution in [0.5, 0.6) is 0 Å². The Kier molecular flexibility index (Phi) is 3.98. The number of rotatable bonds is 4. The molecule has 6 heteroatoms. The number of nitrogens with zero attached hydrogens (tertiary/aromatic N) is 1. The molecule has 1 amide bonds. The minimum Gasteiger partial charge on any atom is -0.480 e. The summed E-state index contributed by atoms with van der Waals surface area (Å²) in [4.78, 5) is 22.6. The zero-order valence-electron chi connectivity index (χ0n) is 13.0. The molecule has 1 aromatic carbocycles. The molecule has 3 N–H and O–H groups in total. The molecule has 1 aromatic heterocycles. The maximum absolute atomic E-state index is 11.7. The smallest absolute Gasteiger partial charge is 0.404 e. The molecule has 0 fully saturated rings. The van der Waals surface area contributed by atoms with E-state index in [1.165, 1.54) is 0 Å². The molecular weight excluding hydrogens is 296 g/mol. The van der Waals surface area contributed by atoms with Gasteiger partial charge in [0.05, 0.1) is 0 Å². The van der Waals surface area contributed by atoms with Crippen LogP contribution in [0, 0.1) is 0 Å². The highest BCUT2D eigenvalue weighted by Gasteiger charge is 2.30. The van der Waals surface area contributed by atoms with Crippen molar-refractivity contribution < 1.29 is 19.8 Å². The molecule has 0 aliphatic heterocycles. The van der Waals surface area contributed by atoms with Crippen LogP contribution in [0.4, 0.5) is 4.79 Å². The zero-order chi connectivity index (χ0) is 16.6. The van der Waals surface area contributed by atoms with Gasteiger partial charge in [0.1, 0.15) is 6.04 Å². The van der Waals surface area contributed by atoms with Gasteiger partial charge < -0.3 is 20.1 Å². The third-order valence-corrected chi connectivity index (χ3v) is 4.62. The third-order valence-electron chi connectivity index (χ3n) is 4.62. The van der Waals surface area contributed by atoms with E-state index in [-0.39, 0.29) is 6.04 Å². The maximum atomic E-state index is 11.7. The SMILES string of the molecule is CCC(C(=O)O)n1c2c(c3ccccc31)CC(NC(=O)O)CC2. The Bertz CT molecular complexity index is 765. The minimum atomic E-state index is -1.01. The largest absolute Gasteiger partial charge is 0.480 e. The molecule has 122 valence electrons. The minimum absolute atomic E-state index is 0.121. The second kappa shape index (κ2) is 5.95. The fourth-order valence-corrected chi connectivity index (χ4v) is 3.67. The quantitative estimate of drug-likeness (QED) is 0.809. The molecule has 6 nitrogen and oxygen atoms in total. The van der Waals surface area contributed by atoms with E-state index < -0.39 is 18.1 Å². The molecule has 2 aromatic rings. The molecule has 1 aliphatic rings. The van der Waals surface area contributed by atoms with Crippen molar-refractivity contribution in [3.63, 3.8) is 0 Å². The Hall–Kier alpha value is -2.50. The predicted molar refractivity (Wildman–Crippen MR) is 85.9 cm³/mol. The number of aliphatic carboxylic acids is 1. The lowest BCUT2D eigenvalue weighted by Gasteiger charge is -2.25. The summed E-state index contributed by atoms with van der Waals surface area (Å²) in [6.45, 7) is 1.87. The molecule has 1 aliphatic carbocycles. The summed E-state index contributed by atoms with van der Waals surface area (Å²) in [5.41, 5.74) is 3.02. The molecular formula is C17H20N2O4. The van der Waals surface area contributed by atoms with Crippen LogP contribution in [-0.4, -0.2) is 32.9 Å². The van der Waals surface area contributed by atoms with E-state index in [1.54, 1.807) is 0 Å². The molecule has 3 rings (SSSR count). The van der Waals surface area contributed by atoms with Gasteiger partial charge in [-0.05, 0) is 37.3 Å². The first-order valence-electron chi connectivity index (χ1n) is 7.85. The molecule has 2 atom stereocenters. The van der Waals surface area contributed by atoms with Crippen molar-refractivity contribution in [1.29, 1.82) is 0 Å². The first kappa shape index (κ1) is 15.4. The zero-order valence-corrected chi connectivity index (χ0v) is 13.0. The Morgan fingerprint density at radius 3 is 2.74 bits per heavy atom. The molecule has 0 saturated heterocycles. The number of carboxylic acid groups (broad SMARTS) is 2. The number of carboxylic acids is 1. The standard InChI is InChI=1S/C17H20N2O4/c1-2-13(16(20)21)19-14-6-4-3-5-11(14)12-9-10(18-17(22)23)7-8-15(12)19/h3-6,10,13,18H,2,7-9H2,1H3,(H,20,21)(H,22,23). The van der Waals surface area contributed by atoms with Crippen molar-refractivity contribution in [3.8, 4) is 0 Å². The van der Waals surface area contributed by atoms with Crippen LogP contribution >= 0.6 is 0 Å². The van der Waals surface area contributed by atoms with E-state index >= 15 is 0 Å². The fraction of sp³-hybridized carbons (Fsp3) is 0.412. The third kappa shape index (κ3) is 2.65. The summed E-state index contributed by atoms with van der Waals surface area (Å²) in [7, 11) is 0. The molecule has 0 bridgehead atoms. The van der Waals surface area contributed by atoms with Crippen LogP contribution in [0.15, 0.2) is 24.3 Å². The van der Waals surface area contributed by atoms with E-state index in [0.29, 0.717) is 25.7 Å². The van der Waals surface area contributed by atoms with Gasteiger partial charge in [0.25, 0.3) is 0 Å². The van der Waals surface area contributed by atoms with Crippen LogP contribution in [-0.2, 0) is 17.6 Å². The van der Waals surface area contributed by atoms with Gasteiger partial charge in [-0.2, -0.15) is 0 Å². The number of aromatic nitrogens is 1. The number of hydrogen-bond acceptors (Lipinski definition) is 2. The Balaban J connectivity index is 2.13. The number of benzene rings is 1. The average molecular weight is 316 g/mol. The van der Waals surface area contributed by atoms with Gasteiger partial charge in [-0.15, -0.1) is 0 Å². The normalized spacial score (nSPS) is 18.4. The number of para-hydroxylation sites is 1. The highest BCUT2D eigenvalue weighted by atomic mass is 16.4. The van der Waals surface area contributed by atoms with Crippen molar-refractivity contribution in [2.45, 2.75) is 44.7 Å². The molecule has 0 radical (unpaired) electrons. The summed E-state index contributed by atoms with van der Waals surface area (Å²) in [6, 6.07) is 7.06. The van der Waals surface area contributed by atoms with E-state index in [2.05, 4.69) is 5.32 Å². The van der Waals surface area contributed by atoms with Gasteiger partial charge >= 0.3 is 12.1 Å². The number of nitrogens with one attached hydrogen (secondary N) is 1. The molecule has 0 saturated carbocycles.